The number of carbonyl (C=O) groups excluding carboxylic acids is 1. The van der Waals surface area contributed by atoms with Crippen molar-refractivity contribution in [2.24, 2.45) is 0 Å². The molecule has 0 bridgehead atoms. The third-order valence-corrected chi connectivity index (χ3v) is 9.13. The van der Waals surface area contributed by atoms with Gasteiger partial charge in [-0.05, 0) is 66.6 Å². The zero-order valence-electron chi connectivity index (χ0n) is 20.7. The number of hydrogen-bond acceptors (Lipinski definition) is 6. The van der Waals surface area contributed by atoms with Crippen molar-refractivity contribution < 1.29 is 17.6 Å². The van der Waals surface area contributed by atoms with Gasteiger partial charge in [-0.1, -0.05) is 53.3 Å². The third kappa shape index (κ3) is 5.37. The highest BCUT2D eigenvalue weighted by molar-refractivity contribution is 7.89. The van der Waals surface area contributed by atoms with Crippen molar-refractivity contribution in [1.29, 1.82) is 0 Å². The molecule has 1 amide bonds. The first kappa shape index (κ1) is 26.1. The second-order valence-electron chi connectivity index (χ2n) is 8.81. The average molecular weight is 566 g/mol. The van der Waals surface area contributed by atoms with E-state index in [1.165, 1.54) is 51.9 Å². The molecular formula is C28H24ClN3O4S2. The highest BCUT2D eigenvalue weighted by Gasteiger charge is 2.25. The molecule has 0 spiro atoms. The number of nitrogens with zero attached hydrogens (tertiary/aromatic N) is 3. The molecule has 0 fully saturated rings. The molecule has 0 unspecified atom stereocenters. The van der Waals surface area contributed by atoms with Crippen LogP contribution in [0.25, 0.3) is 10.2 Å². The lowest BCUT2D eigenvalue weighted by molar-refractivity contribution is 0.0983. The van der Waals surface area contributed by atoms with Crippen molar-refractivity contribution in [2.75, 3.05) is 11.9 Å². The van der Waals surface area contributed by atoms with Gasteiger partial charge in [0.2, 0.25) is 10.0 Å². The average Bonchev–Trinajstić information content (AvgIpc) is 3.57. The summed E-state index contributed by atoms with van der Waals surface area (Å²) in [7, 11) is -2.21. The van der Waals surface area contributed by atoms with Crippen LogP contribution in [0, 0.1) is 6.92 Å². The number of furan rings is 1. The normalized spacial score (nSPS) is 11.8. The van der Waals surface area contributed by atoms with E-state index in [0.717, 1.165) is 21.3 Å². The first-order valence-electron chi connectivity index (χ1n) is 11.7. The Morgan fingerprint density at radius 3 is 2.42 bits per heavy atom. The van der Waals surface area contributed by atoms with E-state index in [1.807, 2.05) is 49.4 Å². The summed E-state index contributed by atoms with van der Waals surface area (Å²) in [6.07, 6.45) is 1.55. The molecule has 5 rings (SSSR count). The lowest BCUT2D eigenvalue weighted by Crippen LogP contribution is -2.30. The Morgan fingerprint density at radius 1 is 1.00 bits per heavy atom. The summed E-state index contributed by atoms with van der Waals surface area (Å²) >= 11 is 7.59. The molecule has 5 aromatic rings. The molecule has 0 saturated carbocycles. The van der Waals surface area contributed by atoms with E-state index in [1.54, 1.807) is 18.4 Å². The molecule has 0 atom stereocenters. The lowest BCUT2D eigenvalue weighted by Gasteiger charge is -2.20. The highest BCUT2D eigenvalue weighted by Crippen LogP contribution is 2.34. The Morgan fingerprint density at radius 2 is 1.74 bits per heavy atom. The number of fused-ring (bicyclic) bond motifs is 1. The van der Waals surface area contributed by atoms with Crippen LogP contribution in [0.15, 0.2) is 94.4 Å². The van der Waals surface area contributed by atoms with Gasteiger partial charge in [-0.2, -0.15) is 4.31 Å². The Kier molecular flexibility index (Phi) is 7.36. The van der Waals surface area contributed by atoms with E-state index in [2.05, 4.69) is 0 Å². The van der Waals surface area contributed by atoms with E-state index >= 15 is 0 Å². The number of amides is 1. The van der Waals surface area contributed by atoms with Gasteiger partial charge in [-0.25, -0.2) is 13.4 Å². The number of aryl methyl sites for hydroxylation is 1. The van der Waals surface area contributed by atoms with Crippen LogP contribution in [0.1, 0.15) is 27.2 Å². The summed E-state index contributed by atoms with van der Waals surface area (Å²) in [4.78, 5) is 20.1. The van der Waals surface area contributed by atoms with Crippen LogP contribution in [-0.2, 0) is 23.1 Å². The molecule has 10 heteroatoms. The summed E-state index contributed by atoms with van der Waals surface area (Å²) in [6.45, 7) is 2.32. The van der Waals surface area contributed by atoms with Crippen molar-refractivity contribution in [1.82, 2.24) is 9.29 Å². The molecule has 194 valence electrons. The molecule has 0 aliphatic rings. The number of aromatic nitrogens is 1. The fourth-order valence-corrected chi connectivity index (χ4v) is 6.65. The van der Waals surface area contributed by atoms with Crippen LogP contribution >= 0.6 is 22.9 Å². The van der Waals surface area contributed by atoms with Gasteiger partial charge >= 0.3 is 0 Å². The van der Waals surface area contributed by atoms with Crippen LogP contribution in [-0.4, -0.2) is 30.7 Å². The molecule has 0 saturated heterocycles. The van der Waals surface area contributed by atoms with Crippen LogP contribution in [0.3, 0.4) is 0 Å². The number of sulfonamides is 1. The second-order valence-corrected chi connectivity index (χ2v) is 12.3. The van der Waals surface area contributed by atoms with Gasteiger partial charge in [-0.15, -0.1) is 0 Å². The van der Waals surface area contributed by atoms with Gasteiger partial charge in [-0.3, -0.25) is 9.69 Å². The fourth-order valence-electron chi connectivity index (χ4n) is 4.07. The predicted octanol–water partition coefficient (Wildman–Crippen LogP) is 6.52. The summed E-state index contributed by atoms with van der Waals surface area (Å²) in [6, 6.07) is 22.5. The van der Waals surface area contributed by atoms with Crippen LogP contribution in [0.5, 0.6) is 0 Å². The van der Waals surface area contributed by atoms with Crippen molar-refractivity contribution in [3.05, 3.63) is 113 Å². The number of carbonyl (C=O) groups is 1. The standard InChI is InChI=1S/C28H24ClN3O4S2/c1-19-15-22(29)16-25-26(19)30-28(37-25)32(18-23-9-6-14-36-23)27(33)21-10-12-24(13-11-21)38(34,35)31(2)17-20-7-4-3-5-8-20/h3-16H,17-18H2,1-2H3. The minimum atomic E-state index is -3.75. The molecule has 2 heterocycles. The summed E-state index contributed by atoms with van der Waals surface area (Å²) in [5.74, 6) is 0.264. The fraction of sp³-hybridized carbons (Fsp3) is 0.143. The summed E-state index contributed by atoms with van der Waals surface area (Å²) < 4.78 is 33.9. The molecule has 7 nitrogen and oxygen atoms in total. The van der Waals surface area contributed by atoms with Gasteiger partial charge in [0.15, 0.2) is 5.13 Å². The summed E-state index contributed by atoms with van der Waals surface area (Å²) in [5.41, 5.74) is 2.89. The molecule has 0 aliphatic carbocycles. The molecule has 0 aliphatic heterocycles. The number of benzene rings is 3. The molecule has 3 aromatic carbocycles. The Bertz CT molecular complexity index is 1680. The maximum atomic E-state index is 13.7. The van der Waals surface area contributed by atoms with Gasteiger partial charge in [0.25, 0.3) is 5.91 Å². The topological polar surface area (TPSA) is 83.7 Å². The largest absolute Gasteiger partial charge is 0.467 e. The Balaban J connectivity index is 1.44. The minimum absolute atomic E-state index is 0.107. The monoisotopic (exact) mass is 565 g/mol. The smallest absolute Gasteiger partial charge is 0.260 e. The maximum absolute atomic E-state index is 13.7. The van der Waals surface area contributed by atoms with Gasteiger partial charge < -0.3 is 4.42 Å². The highest BCUT2D eigenvalue weighted by atomic mass is 35.5. The van der Waals surface area contributed by atoms with Gasteiger partial charge in [0.05, 0.1) is 27.9 Å². The van der Waals surface area contributed by atoms with E-state index in [-0.39, 0.29) is 23.9 Å². The maximum Gasteiger partial charge on any atom is 0.260 e. The number of hydrogen-bond donors (Lipinski definition) is 0. The van der Waals surface area contributed by atoms with Gasteiger partial charge in [0.1, 0.15) is 5.76 Å². The number of anilines is 1. The summed E-state index contributed by atoms with van der Waals surface area (Å²) in [5, 5.41) is 1.09. The third-order valence-electron chi connectivity index (χ3n) is 6.07. The van der Waals surface area contributed by atoms with Crippen LogP contribution in [0.4, 0.5) is 5.13 Å². The molecule has 2 aromatic heterocycles. The molecule has 0 radical (unpaired) electrons. The Labute approximate surface area is 230 Å². The Hall–Kier alpha value is -3.50. The van der Waals surface area contributed by atoms with Crippen molar-refractivity contribution in [3.8, 4) is 0 Å². The molecular weight excluding hydrogens is 542 g/mol. The zero-order chi connectivity index (χ0) is 26.9. The molecule has 38 heavy (non-hydrogen) atoms. The van der Waals surface area contributed by atoms with Crippen molar-refractivity contribution in [3.63, 3.8) is 0 Å². The van der Waals surface area contributed by atoms with Crippen LogP contribution in [0.2, 0.25) is 5.02 Å². The number of rotatable bonds is 8. The van der Waals surface area contributed by atoms with E-state index in [4.69, 9.17) is 21.0 Å². The van der Waals surface area contributed by atoms with Gasteiger partial charge in [0, 0.05) is 24.2 Å². The van der Waals surface area contributed by atoms with E-state index < -0.39 is 10.0 Å². The zero-order valence-corrected chi connectivity index (χ0v) is 23.1. The first-order chi connectivity index (χ1) is 18.2. The van der Waals surface area contributed by atoms with E-state index in [9.17, 15) is 13.2 Å². The minimum Gasteiger partial charge on any atom is -0.467 e. The SMILES string of the molecule is Cc1cc(Cl)cc2sc(N(Cc3ccco3)C(=O)c3ccc(S(=O)(=O)N(C)Cc4ccccc4)cc3)nc12. The van der Waals surface area contributed by atoms with E-state index in [0.29, 0.717) is 21.5 Å². The van der Waals surface area contributed by atoms with Crippen LogP contribution < -0.4 is 4.90 Å². The lowest BCUT2D eigenvalue weighted by atomic mass is 10.2. The predicted molar refractivity (Wildman–Crippen MR) is 150 cm³/mol. The van der Waals surface area contributed by atoms with Crippen molar-refractivity contribution >= 4 is 54.2 Å². The number of thiazole rings is 1. The number of halogens is 1. The first-order valence-corrected chi connectivity index (χ1v) is 14.4. The molecule has 0 N–H and O–H groups in total. The second kappa shape index (κ2) is 10.7. The quantitative estimate of drug-likeness (QED) is 0.214. The van der Waals surface area contributed by atoms with Crippen molar-refractivity contribution in [2.45, 2.75) is 24.9 Å².